The van der Waals surface area contributed by atoms with Gasteiger partial charge in [0, 0.05) is 7.05 Å². The fraction of sp³-hybridized carbons (Fsp3) is 0.400. The highest BCUT2D eigenvalue weighted by Crippen LogP contribution is 1.85. The van der Waals surface area contributed by atoms with Gasteiger partial charge in [0.2, 0.25) is 0 Å². The molecule has 0 bridgehead atoms. The summed E-state index contributed by atoms with van der Waals surface area (Å²) in [5.74, 6) is 5.75. The molecule has 0 aromatic heterocycles. The van der Waals surface area contributed by atoms with Crippen LogP contribution in [0.1, 0.15) is 0 Å². The third-order valence-electron chi connectivity index (χ3n) is 1.19. The van der Waals surface area contributed by atoms with Crippen LogP contribution in [-0.4, -0.2) is 31.5 Å². The van der Waals surface area contributed by atoms with Gasteiger partial charge in [-0.05, 0) is 0 Å². The summed E-state index contributed by atoms with van der Waals surface area (Å²) in [6.07, 6.45) is 1.58. The molecule has 0 saturated heterocycles. The van der Waals surface area contributed by atoms with Crippen LogP contribution in [0.3, 0.4) is 0 Å². The van der Waals surface area contributed by atoms with Crippen molar-refractivity contribution in [2.24, 2.45) is 20.9 Å². The van der Waals surface area contributed by atoms with Gasteiger partial charge >= 0.3 is 0 Å². The smallest absolute Gasteiger partial charge is 0.151 e. The zero-order valence-electron chi connectivity index (χ0n) is 5.70. The predicted octanol–water partition coefficient (Wildman–Crippen LogP) is -1.04. The maximum absolute atomic E-state index is 5.06. The van der Waals surface area contributed by atoms with E-state index in [1.54, 1.807) is 13.4 Å². The Kier molecular flexibility index (Phi) is 1.99. The SMILES string of the molecule is CN=C1NC=NCC1=NN. The summed E-state index contributed by atoms with van der Waals surface area (Å²) in [7, 11) is 1.67. The van der Waals surface area contributed by atoms with Crippen LogP contribution in [0.25, 0.3) is 0 Å². The molecule has 1 aliphatic heterocycles. The van der Waals surface area contributed by atoms with Crippen molar-refractivity contribution in [1.82, 2.24) is 5.32 Å². The second-order valence-electron chi connectivity index (χ2n) is 1.76. The van der Waals surface area contributed by atoms with Crippen molar-refractivity contribution < 1.29 is 0 Å². The van der Waals surface area contributed by atoms with Crippen molar-refractivity contribution in [2.75, 3.05) is 13.6 Å². The van der Waals surface area contributed by atoms with Gasteiger partial charge in [0.25, 0.3) is 0 Å². The molecule has 0 aromatic carbocycles. The lowest BCUT2D eigenvalue weighted by Gasteiger charge is -2.09. The second kappa shape index (κ2) is 2.95. The van der Waals surface area contributed by atoms with E-state index >= 15 is 0 Å². The van der Waals surface area contributed by atoms with Crippen LogP contribution in [0.15, 0.2) is 15.1 Å². The third kappa shape index (κ3) is 1.12. The van der Waals surface area contributed by atoms with E-state index in [1.807, 2.05) is 0 Å². The fourth-order valence-electron chi connectivity index (χ4n) is 0.693. The first kappa shape index (κ1) is 6.73. The number of amidine groups is 1. The number of aliphatic imine (C=N–C) groups is 2. The highest BCUT2D eigenvalue weighted by Gasteiger charge is 2.08. The Labute approximate surface area is 58.7 Å². The predicted molar refractivity (Wildman–Crippen MR) is 41.5 cm³/mol. The Morgan fingerprint density at radius 3 is 3.10 bits per heavy atom. The number of nitrogens with zero attached hydrogens (tertiary/aromatic N) is 3. The first-order chi connectivity index (χ1) is 4.88. The van der Waals surface area contributed by atoms with Gasteiger partial charge in [0.15, 0.2) is 5.84 Å². The lowest BCUT2D eigenvalue weighted by molar-refractivity contribution is 1.15. The molecule has 1 aliphatic rings. The monoisotopic (exact) mass is 139 g/mol. The summed E-state index contributed by atoms with van der Waals surface area (Å²) in [6.45, 7) is 0.510. The van der Waals surface area contributed by atoms with Crippen LogP contribution >= 0.6 is 0 Å². The topological polar surface area (TPSA) is 75.1 Å². The third-order valence-corrected chi connectivity index (χ3v) is 1.19. The molecule has 54 valence electrons. The molecule has 0 unspecified atom stereocenters. The van der Waals surface area contributed by atoms with E-state index < -0.39 is 0 Å². The average Bonchev–Trinajstić information content (AvgIpc) is 2.04. The van der Waals surface area contributed by atoms with E-state index in [-0.39, 0.29) is 0 Å². The number of nitrogens with two attached hydrogens (primary N) is 1. The molecule has 0 fully saturated rings. The van der Waals surface area contributed by atoms with Gasteiger partial charge in [-0.15, -0.1) is 0 Å². The molecule has 0 amide bonds. The van der Waals surface area contributed by atoms with Crippen molar-refractivity contribution >= 4 is 17.9 Å². The minimum atomic E-state index is 0.510. The summed E-state index contributed by atoms with van der Waals surface area (Å²) in [4.78, 5) is 7.80. The van der Waals surface area contributed by atoms with Crippen LogP contribution < -0.4 is 11.2 Å². The van der Waals surface area contributed by atoms with Crippen molar-refractivity contribution in [1.29, 1.82) is 0 Å². The van der Waals surface area contributed by atoms with Crippen molar-refractivity contribution in [3.05, 3.63) is 0 Å². The molecule has 3 N–H and O–H groups in total. The molecule has 0 radical (unpaired) electrons. The molecule has 0 spiro atoms. The second-order valence-corrected chi connectivity index (χ2v) is 1.76. The van der Waals surface area contributed by atoms with Crippen molar-refractivity contribution in [3.8, 4) is 0 Å². The van der Waals surface area contributed by atoms with Crippen LogP contribution in [0.4, 0.5) is 0 Å². The van der Waals surface area contributed by atoms with E-state index in [9.17, 15) is 0 Å². The molecule has 0 atom stereocenters. The first-order valence-corrected chi connectivity index (χ1v) is 2.87. The zero-order chi connectivity index (χ0) is 7.40. The molecule has 0 saturated carbocycles. The molecule has 10 heavy (non-hydrogen) atoms. The van der Waals surface area contributed by atoms with Gasteiger partial charge in [0.05, 0.1) is 12.9 Å². The summed E-state index contributed by atoms with van der Waals surface area (Å²) in [6, 6.07) is 0. The van der Waals surface area contributed by atoms with Crippen LogP contribution in [0.2, 0.25) is 0 Å². The maximum Gasteiger partial charge on any atom is 0.151 e. The maximum atomic E-state index is 5.06. The van der Waals surface area contributed by atoms with Gasteiger partial charge in [-0.2, -0.15) is 5.10 Å². The standard InChI is InChI=1S/C5H9N5/c1-7-5-4(10-6)2-8-3-9-5/h3H,2,6H2,1H3,(H,7,8,9). The van der Waals surface area contributed by atoms with Gasteiger partial charge in [-0.25, -0.2) is 0 Å². The number of hydrogen-bond donors (Lipinski definition) is 2. The Hall–Kier alpha value is -1.39. The molecule has 5 nitrogen and oxygen atoms in total. The van der Waals surface area contributed by atoms with E-state index in [0.717, 1.165) is 0 Å². The minimum Gasteiger partial charge on any atom is -0.330 e. The van der Waals surface area contributed by atoms with Crippen LogP contribution in [0, 0.1) is 0 Å². The van der Waals surface area contributed by atoms with Gasteiger partial charge in [-0.1, -0.05) is 0 Å². The summed E-state index contributed by atoms with van der Waals surface area (Å²) >= 11 is 0. The molecule has 0 aliphatic carbocycles. The number of nitrogens with one attached hydrogen (secondary N) is 1. The number of hydrazone groups is 1. The van der Waals surface area contributed by atoms with E-state index in [0.29, 0.717) is 18.1 Å². The lowest BCUT2D eigenvalue weighted by atomic mass is 10.3. The van der Waals surface area contributed by atoms with Gasteiger partial charge < -0.3 is 11.2 Å². The van der Waals surface area contributed by atoms with E-state index in [2.05, 4.69) is 20.4 Å². The zero-order valence-corrected chi connectivity index (χ0v) is 5.70. The highest BCUT2D eigenvalue weighted by atomic mass is 15.2. The molecule has 5 heteroatoms. The van der Waals surface area contributed by atoms with E-state index in [4.69, 9.17) is 5.84 Å². The summed E-state index contributed by atoms with van der Waals surface area (Å²) < 4.78 is 0. The number of rotatable bonds is 0. The Morgan fingerprint density at radius 2 is 2.60 bits per heavy atom. The van der Waals surface area contributed by atoms with Crippen LogP contribution in [0.5, 0.6) is 0 Å². The molecule has 1 rings (SSSR count). The molecular formula is C5H9N5. The summed E-state index contributed by atoms with van der Waals surface area (Å²) in [5.41, 5.74) is 0.685. The lowest BCUT2D eigenvalue weighted by Crippen LogP contribution is -2.36. The summed E-state index contributed by atoms with van der Waals surface area (Å²) in [5, 5.41) is 6.33. The normalized spacial score (nSPS) is 25.3. The molecular weight excluding hydrogens is 130 g/mol. The Balaban J connectivity index is 2.83. The molecule has 1 heterocycles. The molecule has 0 aromatic rings. The fourth-order valence-corrected chi connectivity index (χ4v) is 0.693. The van der Waals surface area contributed by atoms with Crippen molar-refractivity contribution in [3.63, 3.8) is 0 Å². The minimum absolute atomic E-state index is 0.510. The van der Waals surface area contributed by atoms with Gasteiger partial charge in [-0.3, -0.25) is 9.98 Å². The highest BCUT2D eigenvalue weighted by molar-refractivity contribution is 6.44. The first-order valence-electron chi connectivity index (χ1n) is 2.87. The Bertz CT molecular complexity index is 180. The van der Waals surface area contributed by atoms with Crippen molar-refractivity contribution in [2.45, 2.75) is 0 Å². The van der Waals surface area contributed by atoms with Gasteiger partial charge in [0.1, 0.15) is 5.71 Å². The van der Waals surface area contributed by atoms with E-state index in [1.165, 1.54) is 0 Å². The van der Waals surface area contributed by atoms with Crippen LogP contribution in [-0.2, 0) is 0 Å². The Morgan fingerprint density at radius 1 is 1.80 bits per heavy atom. The average molecular weight is 139 g/mol. The quantitative estimate of drug-likeness (QED) is 0.332. The number of hydrogen-bond acceptors (Lipinski definition) is 4. The largest absolute Gasteiger partial charge is 0.330 e.